The van der Waals surface area contributed by atoms with Gasteiger partial charge in [0.15, 0.2) is 0 Å². The van der Waals surface area contributed by atoms with Crippen molar-refractivity contribution in [2.75, 3.05) is 19.0 Å². The fourth-order valence-corrected chi connectivity index (χ4v) is 5.03. The topological polar surface area (TPSA) is 54.5 Å². The SMILES string of the molecule is COc1ccc([C@H]2CCCCCN2Cc2csc(CC(=O)Nc3ccc(C)cc3)n2)cc1. The molecule has 0 saturated carbocycles. The fourth-order valence-electron chi connectivity index (χ4n) is 4.25. The summed E-state index contributed by atoms with van der Waals surface area (Å²) in [6.45, 7) is 3.91. The van der Waals surface area contributed by atoms with Crippen LogP contribution in [0.5, 0.6) is 5.75 Å². The number of amides is 1. The third-order valence-corrected chi connectivity index (χ3v) is 6.87. The molecule has 0 bridgehead atoms. The number of carbonyl (C=O) groups excluding carboxylic acids is 1. The lowest BCUT2D eigenvalue weighted by atomic mass is 10.0. The maximum absolute atomic E-state index is 12.4. The standard InChI is InChI=1S/C26H31N3O2S/c1-19-7-11-21(12-8-19)27-25(30)16-26-28-22(18-32-26)17-29-15-5-3-4-6-24(29)20-9-13-23(31-2)14-10-20/h7-14,18,24H,3-6,15-17H2,1-2H3,(H,27,30)/t24-/m1/s1. The summed E-state index contributed by atoms with van der Waals surface area (Å²) >= 11 is 1.57. The molecule has 2 heterocycles. The zero-order valence-electron chi connectivity index (χ0n) is 18.8. The highest BCUT2D eigenvalue weighted by Crippen LogP contribution is 2.32. The number of aryl methyl sites for hydroxylation is 1. The number of hydrogen-bond donors (Lipinski definition) is 1. The van der Waals surface area contributed by atoms with Gasteiger partial charge in [0.2, 0.25) is 5.91 Å². The molecular weight excluding hydrogens is 418 g/mol. The van der Waals surface area contributed by atoms with Crippen molar-refractivity contribution in [2.24, 2.45) is 0 Å². The lowest BCUT2D eigenvalue weighted by Crippen LogP contribution is -2.28. The minimum absolute atomic E-state index is 0.0272. The second kappa shape index (κ2) is 10.7. The van der Waals surface area contributed by atoms with Gasteiger partial charge < -0.3 is 10.1 Å². The van der Waals surface area contributed by atoms with Crippen LogP contribution in [0, 0.1) is 6.92 Å². The number of thiazole rings is 1. The van der Waals surface area contributed by atoms with Crippen molar-refractivity contribution >= 4 is 22.9 Å². The number of benzene rings is 2. The molecule has 1 atom stereocenters. The molecule has 0 unspecified atom stereocenters. The number of ether oxygens (including phenoxy) is 1. The summed E-state index contributed by atoms with van der Waals surface area (Å²) in [6.07, 6.45) is 5.19. The van der Waals surface area contributed by atoms with Crippen LogP contribution in [0.3, 0.4) is 0 Å². The molecule has 168 valence electrons. The predicted molar refractivity (Wildman–Crippen MR) is 130 cm³/mol. The maximum atomic E-state index is 12.4. The van der Waals surface area contributed by atoms with Crippen molar-refractivity contribution in [3.63, 3.8) is 0 Å². The van der Waals surface area contributed by atoms with Crippen LogP contribution in [0.25, 0.3) is 0 Å². The number of nitrogens with zero attached hydrogens (tertiary/aromatic N) is 2. The second-order valence-electron chi connectivity index (χ2n) is 8.43. The van der Waals surface area contributed by atoms with E-state index >= 15 is 0 Å². The number of aromatic nitrogens is 1. The van der Waals surface area contributed by atoms with E-state index in [1.54, 1.807) is 18.4 Å². The maximum Gasteiger partial charge on any atom is 0.231 e. The summed E-state index contributed by atoms with van der Waals surface area (Å²) in [7, 11) is 1.70. The van der Waals surface area contributed by atoms with Crippen molar-refractivity contribution in [1.82, 2.24) is 9.88 Å². The molecule has 3 aromatic rings. The Hall–Kier alpha value is -2.70. The molecule has 6 heteroatoms. The molecule has 0 spiro atoms. The van der Waals surface area contributed by atoms with Gasteiger partial charge in [0, 0.05) is 23.7 Å². The number of hydrogen-bond acceptors (Lipinski definition) is 5. The minimum Gasteiger partial charge on any atom is -0.497 e. The Morgan fingerprint density at radius 1 is 1.12 bits per heavy atom. The van der Waals surface area contributed by atoms with E-state index in [-0.39, 0.29) is 5.91 Å². The highest BCUT2D eigenvalue weighted by atomic mass is 32.1. The Balaban J connectivity index is 1.39. The van der Waals surface area contributed by atoms with Crippen molar-refractivity contribution in [1.29, 1.82) is 0 Å². The van der Waals surface area contributed by atoms with Crippen molar-refractivity contribution in [3.8, 4) is 5.75 Å². The van der Waals surface area contributed by atoms with E-state index < -0.39 is 0 Å². The van der Waals surface area contributed by atoms with E-state index in [2.05, 4.69) is 27.7 Å². The lowest BCUT2D eigenvalue weighted by molar-refractivity contribution is -0.115. The van der Waals surface area contributed by atoms with Crippen LogP contribution >= 0.6 is 11.3 Å². The first-order valence-corrected chi connectivity index (χ1v) is 12.2. The Labute approximate surface area is 194 Å². The van der Waals surface area contributed by atoms with Crippen LogP contribution in [-0.4, -0.2) is 29.4 Å². The van der Waals surface area contributed by atoms with Gasteiger partial charge in [-0.2, -0.15) is 0 Å². The third-order valence-electron chi connectivity index (χ3n) is 5.98. The number of nitrogens with one attached hydrogen (secondary N) is 1. The molecule has 1 aliphatic heterocycles. The number of methoxy groups -OCH3 is 1. The summed E-state index contributed by atoms with van der Waals surface area (Å²) in [6, 6.07) is 16.7. The van der Waals surface area contributed by atoms with Gasteiger partial charge in [-0.3, -0.25) is 9.69 Å². The van der Waals surface area contributed by atoms with Gasteiger partial charge >= 0.3 is 0 Å². The molecule has 1 fully saturated rings. The molecule has 0 aliphatic carbocycles. The number of likely N-dealkylation sites (tertiary alicyclic amines) is 1. The average Bonchev–Trinajstić information content (AvgIpc) is 3.10. The van der Waals surface area contributed by atoms with Crippen LogP contribution in [0.2, 0.25) is 0 Å². The van der Waals surface area contributed by atoms with Crippen LogP contribution in [0.15, 0.2) is 53.9 Å². The second-order valence-corrected chi connectivity index (χ2v) is 9.37. The van der Waals surface area contributed by atoms with Gasteiger partial charge in [-0.1, -0.05) is 42.7 Å². The van der Waals surface area contributed by atoms with E-state index in [1.807, 2.05) is 43.3 Å². The number of rotatable bonds is 7. The molecule has 1 saturated heterocycles. The highest BCUT2D eigenvalue weighted by Gasteiger charge is 2.23. The number of anilines is 1. The molecule has 2 aromatic carbocycles. The first-order chi connectivity index (χ1) is 15.6. The van der Waals surface area contributed by atoms with Crippen LogP contribution < -0.4 is 10.1 Å². The Morgan fingerprint density at radius 2 is 1.91 bits per heavy atom. The van der Waals surface area contributed by atoms with E-state index in [4.69, 9.17) is 9.72 Å². The monoisotopic (exact) mass is 449 g/mol. The summed E-state index contributed by atoms with van der Waals surface area (Å²) in [5.41, 5.74) is 4.38. The number of carbonyl (C=O) groups is 1. The van der Waals surface area contributed by atoms with Gasteiger partial charge in [-0.05, 0) is 56.1 Å². The molecular formula is C26H31N3O2S. The van der Waals surface area contributed by atoms with Gasteiger partial charge in [0.1, 0.15) is 10.8 Å². The summed E-state index contributed by atoms with van der Waals surface area (Å²) < 4.78 is 5.33. The van der Waals surface area contributed by atoms with Gasteiger partial charge in [0.05, 0.1) is 19.2 Å². The van der Waals surface area contributed by atoms with E-state index in [0.29, 0.717) is 12.5 Å². The van der Waals surface area contributed by atoms with Crippen LogP contribution in [0.4, 0.5) is 5.69 Å². The zero-order valence-corrected chi connectivity index (χ0v) is 19.7. The quantitative estimate of drug-likeness (QED) is 0.498. The first-order valence-electron chi connectivity index (χ1n) is 11.3. The average molecular weight is 450 g/mol. The largest absolute Gasteiger partial charge is 0.497 e. The third kappa shape index (κ3) is 5.96. The first kappa shape index (κ1) is 22.5. The molecule has 5 nitrogen and oxygen atoms in total. The molecule has 1 N–H and O–H groups in total. The lowest BCUT2D eigenvalue weighted by Gasteiger charge is -2.29. The Kier molecular flexibility index (Phi) is 7.55. The molecule has 0 radical (unpaired) electrons. The molecule has 1 amide bonds. The fraction of sp³-hybridized carbons (Fsp3) is 0.385. The van der Waals surface area contributed by atoms with Crippen molar-refractivity contribution < 1.29 is 9.53 Å². The molecule has 32 heavy (non-hydrogen) atoms. The molecule has 4 rings (SSSR count). The molecule has 1 aliphatic rings. The smallest absolute Gasteiger partial charge is 0.231 e. The van der Waals surface area contributed by atoms with Gasteiger partial charge in [0.25, 0.3) is 0 Å². The van der Waals surface area contributed by atoms with E-state index in [9.17, 15) is 4.79 Å². The predicted octanol–water partition coefficient (Wildman–Crippen LogP) is 5.76. The Bertz CT molecular complexity index is 1010. The summed E-state index contributed by atoms with van der Waals surface area (Å²) in [5.74, 6) is 0.864. The van der Waals surface area contributed by atoms with Gasteiger partial charge in [-0.25, -0.2) is 4.98 Å². The van der Waals surface area contributed by atoms with Gasteiger partial charge in [-0.15, -0.1) is 11.3 Å². The van der Waals surface area contributed by atoms with Crippen LogP contribution in [0.1, 0.15) is 53.6 Å². The Morgan fingerprint density at radius 3 is 2.66 bits per heavy atom. The van der Waals surface area contributed by atoms with E-state index in [1.165, 1.54) is 30.4 Å². The van der Waals surface area contributed by atoms with E-state index in [0.717, 1.165) is 41.6 Å². The summed E-state index contributed by atoms with van der Waals surface area (Å²) in [5, 5.41) is 5.92. The molecule has 1 aromatic heterocycles. The highest BCUT2D eigenvalue weighted by molar-refractivity contribution is 7.09. The van der Waals surface area contributed by atoms with Crippen molar-refractivity contribution in [3.05, 3.63) is 75.7 Å². The van der Waals surface area contributed by atoms with Crippen molar-refractivity contribution in [2.45, 2.75) is 51.6 Å². The zero-order chi connectivity index (χ0) is 22.3. The normalized spacial score (nSPS) is 17.0. The van der Waals surface area contributed by atoms with Crippen LogP contribution in [-0.2, 0) is 17.8 Å². The summed E-state index contributed by atoms with van der Waals surface area (Å²) in [4.78, 5) is 19.8. The minimum atomic E-state index is -0.0272.